The summed E-state index contributed by atoms with van der Waals surface area (Å²) in [6.07, 6.45) is 8.15. The van der Waals surface area contributed by atoms with Crippen LogP contribution in [0.1, 0.15) is 44.9 Å². The fourth-order valence-electron chi connectivity index (χ4n) is 3.09. The monoisotopic (exact) mass is 220 g/mol. The summed E-state index contributed by atoms with van der Waals surface area (Å²) < 4.78 is 0. The molecular formula is C11H17KO2. The van der Waals surface area contributed by atoms with Crippen LogP contribution in [-0.4, -0.2) is 5.97 Å². The van der Waals surface area contributed by atoms with Gasteiger partial charge in [-0.1, -0.05) is 25.7 Å². The number of rotatable bonds is 1. The van der Waals surface area contributed by atoms with Crippen molar-refractivity contribution in [3.8, 4) is 0 Å². The molecule has 0 aromatic carbocycles. The van der Waals surface area contributed by atoms with E-state index in [0.717, 1.165) is 25.2 Å². The van der Waals surface area contributed by atoms with Crippen LogP contribution in [0.5, 0.6) is 0 Å². The molecule has 0 saturated heterocycles. The van der Waals surface area contributed by atoms with Crippen LogP contribution in [0.25, 0.3) is 0 Å². The Morgan fingerprint density at radius 2 is 1.64 bits per heavy atom. The summed E-state index contributed by atoms with van der Waals surface area (Å²) in [4.78, 5) is 10.7. The van der Waals surface area contributed by atoms with Gasteiger partial charge in [-0.25, -0.2) is 0 Å². The average molecular weight is 220 g/mol. The SMILES string of the molecule is O=C([O-])C1CCC2CCCCC2C1.[K+]. The third kappa shape index (κ3) is 3.05. The molecule has 0 radical (unpaired) electrons. The molecular weight excluding hydrogens is 203 g/mol. The largest absolute Gasteiger partial charge is 1.00 e. The summed E-state index contributed by atoms with van der Waals surface area (Å²) in [5.74, 6) is 0.582. The zero-order valence-electron chi connectivity index (χ0n) is 9.00. The zero-order valence-corrected chi connectivity index (χ0v) is 12.1. The van der Waals surface area contributed by atoms with Crippen molar-refractivity contribution in [1.29, 1.82) is 0 Å². The van der Waals surface area contributed by atoms with Gasteiger partial charge >= 0.3 is 51.4 Å². The number of carboxylic acids is 1. The number of carbonyl (C=O) groups is 1. The predicted molar refractivity (Wildman–Crippen MR) is 47.8 cm³/mol. The molecule has 2 nitrogen and oxygen atoms in total. The number of aliphatic carboxylic acids is 1. The quantitative estimate of drug-likeness (QED) is 0.497. The predicted octanol–water partition coefficient (Wildman–Crippen LogP) is -1.65. The molecule has 0 bridgehead atoms. The molecule has 0 amide bonds. The van der Waals surface area contributed by atoms with E-state index in [0.29, 0.717) is 5.92 Å². The number of carboxylic acid groups (broad SMARTS) is 1. The van der Waals surface area contributed by atoms with E-state index in [9.17, 15) is 9.90 Å². The average Bonchev–Trinajstić information content (AvgIpc) is 2.17. The van der Waals surface area contributed by atoms with Gasteiger partial charge in [-0.05, 0) is 37.0 Å². The second-order valence-electron chi connectivity index (χ2n) is 4.63. The molecule has 2 aliphatic carbocycles. The Balaban J connectivity index is 0.000000980. The molecule has 14 heavy (non-hydrogen) atoms. The zero-order chi connectivity index (χ0) is 9.26. The van der Waals surface area contributed by atoms with Gasteiger partial charge in [0.15, 0.2) is 0 Å². The Morgan fingerprint density at radius 3 is 2.29 bits per heavy atom. The normalized spacial score (nSPS) is 36.7. The fourth-order valence-corrected chi connectivity index (χ4v) is 3.09. The topological polar surface area (TPSA) is 40.1 Å². The summed E-state index contributed by atoms with van der Waals surface area (Å²) in [5.41, 5.74) is 0. The molecule has 2 aliphatic rings. The van der Waals surface area contributed by atoms with Crippen molar-refractivity contribution in [3.63, 3.8) is 0 Å². The summed E-state index contributed by atoms with van der Waals surface area (Å²) >= 11 is 0. The first kappa shape index (κ1) is 13.2. The molecule has 2 fully saturated rings. The van der Waals surface area contributed by atoms with Crippen molar-refractivity contribution in [3.05, 3.63) is 0 Å². The van der Waals surface area contributed by atoms with Crippen LogP contribution < -0.4 is 56.5 Å². The molecule has 3 heteroatoms. The smallest absolute Gasteiger partial charge is 0.550 e. The first-order chi connectivity index (χ1) is 6.27. The van der Waals surface area contributed by atoms with Gasteiger partial charge in [0.1, 0.15) is 0 Å². The van der Waals surface area contributed by atoms with Crippen molar-refractivity contribution >= 4 is 5.97 Å². The van der Waals surface area contributed by atoms with Crippen molar-refractivity contribution < 1.29 is 61.3 Å². The van der Waals surface area contributed by atoms with E-state index < -0.39 is 5.97 Å². The van der Waals surface area contributed by atoms with Crippen LogP contribution in [-0.2, 0) is 4.79 Å². The summed E-state index contributed by atoms with van der Waals surface area (Å²) in [6, 6.07) is 0. The van der Waals surface area contributed by atoms with Gasteiger partial charge in [-0.3, -0.25) is 0 Å². The van der Waals surface area contributed by atoms with Crippen LogP contribution in [0.2, 0.25) is 0 Å². The Labute approximate surface area is 128 Å². The maximum atomic E-state index is 10.7. The molecule has 0 aromatic rings. The van der Waals surface area contributed by atoms with Crippen LogP contribution in [0.3, 0.4) is 0 Å². The van der Waals surface area contributed by atoms with E-state index in [1.807, 2.05) is 0 Å². The van der Waals surface area contributed by atoms with Gasteiger partial charge in [-0.15, -0.1) is 0 Å². The van der Waals surface area contributed by atoms with E-state index in [4.69, 9.17) is 0 Å². The molecule has 0 aliphatic heterocycles. The van der Waals surface area contributed by atoms with Gasteiger partial charge in [0.25, 0.3) is 0 Å². The fraction of sp³-hybridized carbons (Fsp3) is 0.909. The number of carbonyl (C=O) groups excluding carboxylic acids is 1. The van der Waals surface area contributed by atoms with E-state index in [1.165, 1.54) is 25.7 Å². The van der Waals surface area contributed by atoms with E-state index in [-0.39, 0.29) is 57.3 Å². The second kappa shape index (κ2) is 5.99. The van der Waals surface area contributed by atoms with Gasteiger partial charge in [0.2, 0.25) is 0 Å². The van der Waals surface area contributed by atoms with Crippen molar-refractivity contribution in [1.82, 2.24) is 0 Å². The summed E-state index contributed by atoms with van der Waals surface area (Å²) in [7, 11) is 0. The molecule has 74 valence electrons. The van der Waals surface area contributed by atoms with E-state index in [1.54, 1.807) is 0 Å². The van der Waals surface area contributed by atoms with Gasteiger partial charge in [0, 0.05) is 5.97 Å². The number of hydrogen-bond acceptors (Lipinski definition) is 2. The number of hydrogen-bond donors (Lipinski definition) is 0. The van der Waals surface area contributed by atoms with Crippen molar-refractivity contribution in [2.75, 3.05) is 0 Å². The van der Waals surface area contributed by atoms with Crippen LogP contribution >= 0.6 is 0 Å². The first-order valence-corrected chi connectivity index (χ1v) is 5.48. The van der Waals surface area contributed by atoms with Crippen LogP contribution in [0, 0.1) is 17.8 Å². The molecule has 2 saturated carbocycles. The first-order valence-electron chi connectivity index (χ1n) is 5.48. The Morgan fingerprint density at radius 1 is 1.00 bits per heavy atom. The van der Waals surface area contributed by atoms with Gasteiger partial charge in [0.05, 0.1) is 0 Å². The summed E-state index contributed by atoms with van der Waals surface area (Å²) in [6.45, 7) is 0. The standard InChI is InChI=1S/C11H18O2.K/c12-11(13)10-6-5-8-3-1-2-4-9(8)7-10;/h8-10H,1-7H2,(H,12,13);/q;+1/p-1. The molecule has 3 atom stereocenters. The molecule has 3 unspecified atom stereocenters. The van der Waals surface area contributed by atoms with Crippen molar-refractivity contribution in [2.45, 2.75) is 44.9 Å². The van der Waals surface area contributed by atoms with Crippen LogP contribution in [0.4, 0.5) is 0 Å². The van der Waals surface area contributed by atoms with E-state index in [2.05, 4.69) is 0 Å². The molecule has 0 N–H and O–H groups in total. The molecule has 0 spiro atoms. The Kier molecular flexibility index (Phi) is 5.64. The Bertz CT molecular complexity index is 205. The Hall–Kier alpha value is 1.11. The van der Waals surface area contributed by atoms with Gasteiger partial charge in [-0.2, -0.15) is 0 Å². The maximum absolute atomic E-state index is 10.7. The van der Waals surface area contributed by atoms with Gasteiger partial charge < -0.3 is 9.90 Å². The minimum absolute atomic E-state index is 0. The minimum atomic E-state index is -0.816. The van der Waals surface area contributed by atoms with Crippen molar-refractivity contribution in [2.24, 2.45) is 17.8 Å². The molecule has 0 heterocycles. The van der Waals surface area contributed by atoms with Crippen LogP contribution in [0.15, 0.2) is 0 Å². The molecule has 0 aromatic heterocycles. The second-order valence-corrected chi connectivity index (χ2v) is 4.63. The van der Waals surface area contributed by atoms with E-state index >= 15 is 0 Å². The third-order valence-corrected chi connectivity index (χ3v) is 3.87. The number of fused-ring (bicyclic) bond motifs is 1. The summed E-state index contributed by atoms with van der Waals surface area (Å²) in [5, 5.41) is 10.7. The molecule has 2 rings (SSSR count). The minimum Gasteiger partial charge on any atom is -0.550 e. The maximum Gasteiger partial charge on any atom is 1.00 e. The third-order valence-electron chi connectivity index (χ3n) is 3.87.